The Labute approximate surface area is 74.7 Å². The number of aryl methyl sites for hydroxylation is 2. The summed E-state index contributed by atoms with van der Waals surface area (Å²) < 4.78 is 0. The van der Waals surface area contributed by atoms with E-state index in [9.17, 15) is 0 Å². The summed E-state index contributed by atoms with van der Waals surface area (Å²) in [6.07, 6.45) is 0. The molecule has 0 radical (unpaired) electrons. The van der Waals surface area contributed by atoms with Crippen molar-refractivity contribution >= 4 is 0 Å². The second-order valence-electron chi connectivity index (χ2n) is 2.38. The van der Waals surface area contributed by atoms with Gasteiger partial charge < -0.3 is 0 Å². The molecule has 0 amide bonds. The summed E-state index contributed by atoms with van der Waals surface area (Å²) in [7, 11) is 0. The van der Waals surface area contributed by atoms with Crippen LogP contribution in [0.3, 0.4) is 0 Å². The fourth-order valence-electron chi connectivity index (χ4n) is 0.991. The summed E-state index contributed by atoms with van der Waals surface area (Å²) in [6, 6.07) is 8.03. The average molecular weight is 161 g/mol. The molecule has 1 aromatic carbocycles. The predicted octanol–water partition coefficient (Wildman–Crippen LogP) is 3.20. The van der Waals surface area contributed by atoms with Crippen molar-refractivity contribution in [3.05, 3.63) is 34.9 Å². The molecule has 0 unspecified atom stereocenters. The Morgan fingerprint density at radius 2 is 1.50 bits per heavy atom. The minimum Gasteiger partial charge on any atom is -0.192 e. The maximum absolute atomic E-state index is 8.65. The Morgan fingerprint density at radius 3 is 1.75 bits per heavy atom. The topological polar surface area (TPSA) is 23.8 Å². The van der Waals surface area contributed by atoms with Crippen LogP contribution in [0.1, 0.15) is 30.5 Å². The summed E-state index contributed by atoms with van der Waals surface area (Å²) in [4.78, 5) is 0. The van der Waals surface area contributed by atoms with Gasteiger partial charge in [-0.15, -0.1) is 0 Å². The fourth-order valence-corrected chi connectivity index (χ4v) is 0.991. The van der Waals surface area contributed by atoms with Crippen LogP contribution in [0, 0.1) is 25.2 Å². The molecule has 64 valence electrons. The summed E-state index contributed by atoms with van der Waals surface area (Å²) in [5.74, 6) is 0. The third-order valence-corrected chi connectivity index (χ3v) is 1.59. The molecule has 0 aromatic heterocycles. The molecule has 0 aliphatic heterocycles. The Balaban J connectivity index is 0.000000561. The van der Waals surface area contributed by atoms with E-state index in [0.29, 0.717) is 0 Å². The largest absolute Gasteiger partial charge is 0.192 e. The second-order valence-corrected chi connectivity index (χ2v) is 2.38. The van der Waals surface area contributed by atoms with Crippen molar-refractivity contribution in [3.63, 3.8) is 0 Å². The van der Waals surface area contributed by atoms with Gasteiger partial charge in [-0.1, -0.05) is 32.0 Å². The lowest BCUT2D eigenvalue weighted by atomic mass is 10.1. The van der Waals surface area contributed by atoms with Gasteiger partial charge >= 0.3 is 0 Å². The van der Waals surface area contributed by atoms with Crippen LogP contribution in [-0.2, 0) is 0 Å². The van der Waals surface area contributed by atoms with E-state index in [2.05, 4.69) is 6.07 Å². The standard InChI is InChI=1S/C9H9N.C2H6/c1-7-4-3-5-8(2)9(7)6-10;1-2/h3-5H,1-2H3;1-2H3. The van der Waals surface area contributed by atoms with Crippen LogP contribution in [0.2, 0.25) is 0 Å². The van der Waals surface area contributed by atoms with Gasteiger partial charge in [0.25, 0.3) is 0 Å². The highest BCUT2D eigenvalue weighted by Crippen LogP contribution is 2.10. The minimum absolute atomic E-state index is 0.808. The molecule has 0 spiro atoms. The van der Waals surface area contributed by atoms with E-state index in [-0.39, 0.29) is 0 Å². The van der Waals surface area contributed by atoms with Crippen LogP contribution in [0.4, 0.5) is 0 Å². The zero-order valence-electron chi connectivity index (χ0n) is 8.18. The van der Waals surface area contributed by atoms with Crippen molar-refractivity contribution in [2.75, 3.05) is 0 Å². The van der Waals surface area contributed by atoms with E-state index in [1.807, 2.05) is 45.9 Å². The first-order valence-corrected chi connectivity index (χ1v) is 4.22. The van der Waals surface area contributed by atoms with Crippen molar-refractivity contribution < 1.29 is 0 Å². The van der Waals surface area contributed by atoms with Crippen molar-refractivity contribution in [1.29, 1.82) is 5.26 Å². The second kappa shape index (κ2) is 5.37. The number of hydrogen-bond donors (Lipinski definition) is 0. The Kier molecular flexibility index (Phi) is 4.79. The first kappa shape index (κ1) is 10.7. The van der Waals surface area contributed by atoms with E-state index in [1.165, 1.54) is 0 Å². The molecule has 0 bridgehead atoms. The van der Waals surface area contributed by atoms with Crippen LogP contribution in [-0.4, -0.2) is 0 Å². The maximum atomic E-state index is 8.65. The lowest BCUT2D eigenvalue weighted by Gasteiger charge is -1.98. The molecule has 0 atom stereocenters. The molecule has 0 saturated heterocycles. The Morgan fingerprint density at radius 1 is 1.08 bits per heavy atom. The van der Waals surface area contributed by atoms with Gasteiger partial charge in [-0.2, -0.15) is 5.26 Å². The number of benzene rings is 1. The first-order valence-electron chi connectivity index (χ1n) is 4.22. The zero-order valence-corrected chi connectivity index (χ0v) is 8.18. The summed E-state index contributed by atoms with van der Waals surface area (Å²) in [5, 5.41) is 8.65. The fraction of sp³-hybridized carbons (Fsp3) is 0.364. The first-order chi connectivity index (χ1) is 5.75. The minimum atomic E-state index is 0.808. The normalized spacial score (nSPS) is 7.92. The Hall–Kier alpha value is -1.29. The molecule has 0 aliphatic carbocycles. The molecule has 1 rings (SSSR count). The number of nitriles is 1. The molecule has 0 saturated carbocycles. The van der Waals surface area contributed by atoms with Crippen LogP contribution in [0.5, 0.6) is 0 Å². The number of hydrogen-bond acceptors (Lipinski definition) is 1. The summed E-state index contributed by atoms with van der Waals surface area (Å²) in [5.41, 5.74) is 2.92. The van der Waals surface area contributed by atoms with Crippen molar-refractivity contribution in [3.8, 4) is 6.07 Å². The highest BCUT2D eigenvalue weighted by molar-refractivity contribution is 5.42. The van der Waals surface area contributed by atoms with Gasteiger partial charge in [-0.25, -0.2) is 0 Å². The smallest absolute Gasteiger partial charge is 0.0997 e. The molecule has 12 heavy (non-hydrogen) atoms. The van der Waals surface area contributed by atoms with E-state index in [4.69, 9.17) is 5.26 Å². The van der Waals surface area contributed by atoms with E-state index in [1.54, 1.807) is 0 Å². The third kappa shape index (κ3) is 2.39. The highest BCUT2D eigenvalue weighted by atomic mass is 14.2. The lowest BCUT2D eigenvalue weighted by Crippen LogP contribution is -1.84. The summed E-state index contributed by atoms with van der Waals surface area (Å²) in [6.45, 7) is 7.90. The summed E-state index contributed by atoms with van der Waals surface area (Å²) >= 11 is 0. The van der Waals surface area contributed by atoms with Gasteiger partial charge in [-0.3, -0.25) is 0 Å². The molecular formula is C11H15N. The van der Waals surface area contributed by atoms with Crippen molar-refractivity contribution in [2.45, 2.75) is 27.7 Å². The van der Waals surface area contributed by atoms with Crippen LogP contribution < -0.4 is 0 Å². The van der Waals surface area contributed by atoms with E-state index in [0.717, 1.165) is 16.7 Å². The average Bonchev–Trinajstić information content (AvgIpc) is 2.08. The predicted molar refractivity (Wildman–Crippen MR) is 52.0 cm³/mol. The molecule has 0 heterocycles. The number of nitrogens with zero attached hydrogens (tertiary/aromatic N) is 1. The van der Waals surface area contributed by atoms with E-state index < -0.39 is 0 Å². The van der Waals surface area contributed by atoms with Gasteiger partial charge in [0.05, 0.1) is 11.6 Å². The molecule has 0 N–H and O–H groups in total. The van der Waals surface area contributed by atoms with Crippen molar-refractivity contribution in [2.24, 2.45) is 0 Å². The molecule has 1 aromatic rings. The van der Waals surface area contributed by atoms with E-state index >= 15 is 0 Å². The molecular weight excluding hydrogens is 146 g/mol. The van der Waals surface area contributed by atoms with Crippen LogP contribution in [0.25, 0.3) is 0 Å². The zero-order chi connectivity index (χ0) is 9.56. The molecule has 1 heteroatoms. The molecule has 0 fully saturated rings. The van der Waals surface area contributed by atoms with Gasteiger partial charge in [0.1, 0.15) is 0 Å². The van der Waals surface area contributed by atoms with Crippen LogP contribution >= 0.6 is 0 Å². The maximum Gasteiger partial charge on any atom is 0.0997 e. The van der Waals surface area contributed by atoms with Crippen molar-refractivity contribution in [1.82, 2.24) is 0 Å². The SMILES string of the molecule is CC.Cc1cccc(C)c1C#N. The lowest BCUT2D eigenvalue weighted by molar-refractivity contribution is 1.32. The molecule has 1 nitrogen and oxygen atoms in total. The Bertz CT molecular complexity index is 261. The van der Waals surface area contributed by atoms with Gasteiger partial charge in [0, 0.05) is 0 Å². The van der Waals surface area contributed by atoms with Crippen LogP contribution in [0.15, 0.2) is 18.2 Å². The monoisotopic (exact) mass is 161 g/mol. The third-order valence-electron chi connectivity index (χ3n) is 1.59. The van der Waals surface area contributed by atoms with Gasteiger partial charge in [0.15, 0.2) is 0 Å². The van der Waals surface area contributed by atoms with Gasteiger partial charge in [0.2, 0.25) is 0 Å². The van der Waals surface area contributed by atoms with Gasteiger partial charge in [-0.05, 0) is 25.0 Å². The number of rotatable bonds is 0. The quantitative estimate of drug-likeness (QED) is 0.573. The highest BCUT2D eigenvalue weighted by Gasteiger charge is 1.97. The molecule has 0 aliphatic rings.